The van der Waals surface area contributed by atoms with E-state index in [0.29, 0.717) is 43.7 Å². The molecule has 1 saturated heterocycles. The molecule has 1 N–H and O–H groups in total. The van der Waals surface area contributed by atoms with Gasteiger partial charge in [0.2, 0.25) is 0 Å². The van der Waals surface area contributed by atoms with Gasteiger partial charge in [-0.05, 0) is 84.1 Å². The Labute approximate surface area is 257 Å². The largest absolute Gasteiger partial charge is 0.457 e. The Morgan fingerprint density at radius 3 is 2.52 bits per heavy atom. The summed E-state index contributed by atoms with van der Waals surface area (Å²) in [6, 6.07) is 22.1. The van der Waals surface area contributed by atoms with Crippen molar-refractivity contribution in [2.75, 3.05) is 0 Å². The van der Waals surface area contributed by atoms with Crippen molar-refractivity contribution in [3.63, 3.8) is 0 Å². The molecular weight excluding hydrogens is 657 g/mol. The Morgan fingerprint density at radius 1 is 0.975 bits per heavy atom. The van der Waals surface area contributed by atoms with E-state index in [1.54, 1.807) is 24.3 Å². The molecule has 3 aliphatic heterocycles. The van der Waals surface area contributed by atoms with E-state index in [1.165, 1.54) is 0 Å². The number of carbonyl (C=O) groups excluding carboxylic acids is 1. The highest BCUT2D eigenvalue weighted by Gasteiger charge is 2.58. The Morgan fingerprint density at radius 2 is 1.75 bits per heavy atom. The molecule has 1 amide bonds. The number of hydrogen-bond donors (Lipinski definition) is 1. The molecule has 7 rings (SSSR count). The molecule has 0 radical (unpaired) electrons. The van der Waals surface area contributed by atoms with Gasteiger partial charge in [0, 0.05) is 37.1 Å². The molecule has 0 aliphatic carbocycles. The average Bonchev–Trinajstić information content (AvgIpc) is 3.63. The van der Waals surface area contributed by atoms with Crippen LogP contribution in [0, 0.1) is 0 Å². The van der Waals surface area contributed by atoms with Crippen molar-refractivity contribution in [1.82, 2.24) is 10.3 Å². The third-order valence-electron chi connectivity index (χ3n) is 6.85. The van der Waals surface area contributed by atoms with Crippen LogP contribution in [0.1, 0.15) is 29.3 Å². The number of carbonyl (C=O) groups is 1. The Kier molecular flexibility index (Phi) is 6.44. The molecule has 1 fully saturated rings. The third-order valence-corrected chi connectivity index (χ3v) is 8.94. The summed E-state index contributed by atoms with van der Waals surface area (Å²) in [6.45, 7) is 0. The predicted octanol–water partition coefficient (Wildman–Crippen LogP) is 9.36. The van der Waals surface area contributed by atoms with E-state index in [0.717, 1.165) is 38.6 Å². The van der Waals surface area contributed by atoms with E-state index in [9.17, 15) is 4.79 Å². The topological polar surface area (TPSA) is 67.1 Å². The van der Waals surface area contributed by atoms with Crippen LogP contribution in [0.15, 0.2) is 91.7 Å². The number of rotatable bonds is 3. The van der Waals surface area contributed by atoms with E-state index >= 15 is 0 Å². The van der Waals surface area contributed by atoms with Crippen LogP contribution in [0.4, 0.5) is 4.79 Å². The SMILES string of the molecule is O=C1NC2(Oc3ccc(Br)cc3C3CC(c4ccc(Cl)cc4)=NN32)/C(=C/c2ccc(-c3cc(Cl)cc(Cl)c3)o2)S1. The van der Waals surface area contributed by atoms with E-state index in [1.807, 2.05) is 59.6 Å². The summed E-state index contributed by atoms with van der Waals surface area (Å²) >= 11 is 23.2. The van der Waals surface area contributed by atoms with Crippen molar-refractivity contribution in [3.05, 3.63) is 114 Å². The highest BCUT2D eigenvalue weighted by molar-refractivity contribution is 9.10. The molecule has 1 spiro atoms. The zero-order chi connectivity index (χ0) is 27.6. The first-order valence-corrected chi connectivity index (χ1v) is 14.9. The molecule has 200 valence electrons. The summed E-state index contributed by atoms with van der Waals surface area (Å²) in [5.41, 5.74) is 3.52. The summed E-state index contributed by atoms with van der Waals surface area (Å²) in [6.07, 6.45) is 2.42. The molecule has 4 aromatic rings. The van der Waals surface area contributed by atoms with Gasteiger partial charge in [-0.3, -0.25) is 10.1 Å². The molecule has 4 heterocycles. The summed E-state index contributed by atoms with van der Waals surface area (Å²) in [7, 11) is 0. The molecule has 0 bridgehead atoms. The van der Waals surface area contributed by atoms with Gasteiger partial charge < -0.3 is 9.15 Å². The van der Waals surface area contributed by atoms with Gasteiger partial charge in [-0.2, -0.15) is 5.10 Å². The fourth-order valence-electron chi connectivity index (χ4n) is 5.12. The van der Waals surface area contributed by atoms with Crippen molar-refractivity contribution < 1.29 is 13.9 Å². The zero-order valence-corrected chi connectivity index (χ0v) is 25.0. The number of hydrogen-bond acceptors (Lipinski definition) is 6. The fraction of sp³-hybridized carbons (Fsp3) is 0.103. The van der Waals surface area contributed by atoms with Gasteiger partial charge in [0.15, 0.2) is 0 Å². The lowest BCUT2D eigenvalue weighted by molar-refractivity contribution is -0.0949. The molecule has 6 nitrogen and oxygen atoms in total. The van der Waals surface area contributed by atoms with Gasteiger partial charge in [-0.1, -0.05) is 62.9 Å². The first kappa shape index (κ1) is 26.0. The second kappa shape index (κ2) is 9.89. The monoisotopic (exact) mass is 671 g/mol. The Balaban J connectivity index is 1.33. The number of fused-ring (bicyclic) bond motifs is 4. The van der Waals surface area contributed by atoms with E-state index in [-0.39, 0.29) is 11.3 Å². The maximum atomic E-state index is 12.9. The maximum absolute atomic E-state index is 12.9. The lowest BCUT2D eigenvalue weighted by atomic mass is 9.96. The van der Waals surface area contributed by atoms with Gasteiger partial charge in [-0.15, -0.1) is 0 Å². The number of hydrazone groups is 1. The summed E-state index contributed by atoms with van der Waals surface area (Å²) in [4.78, 5) is 13.5. The van der Waals surface area contributed by atoms with Gasteiger partial charge >= 0.3 is 5.85 Å². The average molecular weight is 674 g/mol. The number of nitrogens with zero attached hydrogens (tertiary/aromatic N) is 2. The van der Waals surface area contributed by atoms with Crippen LogP contribution in [0.3, 0.4) is 0 Å². The zero-order valence-electron chi connectivity index (χ0n) is 20.3. The molecule has 0 saturated carbocycles. The lowest BCUT2D eigenvalue weighted by Gasteiger charge is -2.45. The van der Waals surface area contributed by atoms with Gasteiger partial charge in [0.1, 0.15) is 17.3 Å². The predicted molar refractivity (Wildman–Crippen MR) is 163 cm³/mol. The second-order valence-electron chi connectivity index (χ2n) is 9.43. The molecular formula is C29H17BrCl3N3O3S. The van der Waals surface area contributed by atoms with Crippen LogP contribution >= 0.6 is 62.5 Å². The normalized spacial score (nSPS) is 22.2. The number of amides is 1. The Hall–Kier alpha value is -2.88. The maximum Gasteiger partial charge on any atom is 0.314 e. The number of ether oxygens (including phenoxy) is 1. The van der Waals surface area contributed by atoms with Gasteiger partial charge in [0.25, 0.3) is 5.24 Å². The highest BCUT2D eigenvalue weighted by atomic mass is 79.9. The number of halogens is 4. The van der Waals surface area contributed by atoms with Crippen molar-refractivity contribution in [2.24, 2.45) is 5.10 Å². The van der Waals surface area contributed by atoms with Crippen LogP contribution in [-0.2, 0) is 0 Å². The molecule has 3 aliphatic rings. The van der Waals surface area contributed by atoms with Crippen molar-refractivity contribution in [1.29, 1.82) is 0 Å². The Bertz CT molecular complexity index is 1740. The highest BCUT2D eigenvalue weighted by Crippen LogP contribution is 2.53. The van der Waals surface area contributed by atoms with Crippen molar-refractivity contribution >= 4 is 79.5 Å². The number of thioether (sulfide) groups is 1. The smallest absolute Gasteiger partial charge is 0.314 e. The number of nitrogens with one attached hydrogen (secondary N) is 1. The fourth-order valence-corrected chi connectivity index (χ4v) is 7.04. The standard InChI is InChI=1S/C29H17BrCl3N3O3S/c30-17-3-7-26-22(11-17)24-14-23(15-1-4-18(31)5-2-15)35-36(24)29(39-26)27(40-28(37)34-29)13-21-6-8-25(38-21)16-9-19(32)12-20(33)10-16/h1-13,24H,14H2,(H,34,37)/b27-13-. The number of benzene rings is 3. The first-order valence-electron chi connectivity index (χ1n) is 12.2. The van der Waals surface area contributed by atoms with Crippen LogP contribution in [0.5, 0.6) is 5.75 Å². The van der Waals surface area contributed by atoms with Crippen molar-refractivity contribution in [3.8, 4) is 17.1 Å². The summed E-state index contributed by atoms with van der Waals surface area (Å²) < 4.78 is 13.7. The summed E-state index contributed by atoms with van der Waals surface area (Å²) in [5.74, 6) is 0.439. The second-order valence-corrected chi connectivity index (χ2v) is 12.7. The molecule has 11 heteroatoms. The minimum Gasteiger partial charge on any atom is -0.457 e. The third kappa shape index (κ3) is 4.52. The van der Waals surface area contributed by atoms with Gasteiger partial charge in [0.05, 0.1) is 16.7 Å². The summed E-state index contributed by atoms with van der Waals surface area (Å²) in [5, 5.41) is 11.3. The van der Waals surface area contributed by atoms with Crippen molar-refractivity contribution in [2.45, 2.75) is 18.3 Å². The molecule has 1 aromatic heterocycles. The van der Waals surface area contributed by atoms with Crippen LogP contribution in [0.2, 0.25) is 15.1 Å². The van der Waals surface area contributed by atoms with Crippen LogP contribution in [0.25, 0.3) is 17.4 Å². The van der Waals surface area contributed by atoms with E-state index < -0.39 is 5.85 Å². The first-order chi connectivity index (χ1) is 19.3. The quantitative estimate of drug-likeness (QED) is 0.235. The minimum absolute atomic E-state index is 0.185. The molecule has 40 heavy (non-hydrogen) atoms. The molecule has 3 aromatic carbocycles. The van der Waals surface area contributed by atoms with Gasteiger partial charge in [-0.25, -0.2) is 5.01 Å². The van der Waals surface area contributed by atoms with Crippen LogP contribution < -0.4 is 10.1 Å². The van der Waals surface area contributed by atoms with E-state index in [4.69, 9.17) is 49.1 Å². The van der Waals surface area contributed by atoms with Crippen LogP contribution in [-0.4, -0.2) is 21.8 Å². The van der Waals surface area contributed by atoms with E-state index in [2.05, 4.69) is 21.2 Å². The lowest BCUT2D eigenvalue weighted by Crippen LogP contribution is -2.61. The molecule has 2 unspecified atom stereocenters. The molecule has 2 atom stereocenters. The number of furan rings is 1. The minimum atomic E-state index is -1.35.